The van der Waals surface area contributed by atoms with Crippen LogP contribution in [0.5, 0.6) is 0 Å². The Morgan fingerprint density at radius 1 is 1.05 bits per heavy atom. The van der Waals surface area contributed by atoms with Gasteiger partial charge in [0.2, 0.25) is 0 Å². The maximum absolute atomic E-state index is 12.6. The highest BCUT2D eigenvalue weighted by molar-refractivity contribution is 7.92. The predicted molar refractivity (Wildman–Crippen MR) is 82.8 cm³/mol. The van der Waals surface area contributed by atoms with Crippen LogP contribution in [0.1, 0.15) is 43.6 Å². The molecule has 1 aromatic rings. The van der Waals surface area contributed by atoms with Crippen molar-refractivity contribution in [2.24, 2.45) is 0 Å². The van der Waals surface area contributed by atoms with Gasteiger partial charge < -0.3 is 10.0 Å². The van der Waals surface area contributed by atoms with E-state index in [4.69, 9.17) is 5.11 Å². The van der Waals surface area contributed by atoms with Gasteiger partial charge in [0.1, 0.15) is 0 Å². The minimum atomic E-state index is -3.22. The van der Waals surface area contributed by atoms with Crippen LogP contribution in [-0.4, -0.2) is 42.9 Å². The van der Waals surface area contributed by atoms with Gasteiger partial charge >= 0.3 is 6.09 Å². The molecule has 120 valence electrons. The van der Waals surface area contributed by atoms with Gasteiger partial charge in [0.05, 0.1) is 10.1 Å². The molecular formula is C16H21NO4S. The number of amides is 1. The predicted octanol–water partition coefficient (Wildman–Crippen LogP) is 2.87. The lowest BCUT2D eigenvalue weighted by Gasteiger charge is -2.37. The maximum atomic E-state index is 12.6. The van der Waals surface area contributed by atoms with Gasteiger partial charge in [0.15, 0.2) is 9.84 Å². The quantitative estimate of drug-likeness (QED) is 0.928. The Morgan fingerprint density at radius 3 is 2.18 bits per heavy atom. The normalized spacial score (nSPS) is 20.6. The lowest BCUT2D eigenvalue weighted by Crippen LogP contribution is -2.47. The van der Waals surface area contributed by atoms with Gasteiger partial charge in [-0.2, -0.15) is 0 Å². The molecule has 0 atom stereocenters. The molecule has 1 N–H and O–H groups in total. The van der Waals surface area contributed by atoms with E-state index in [0.717, 1.165) is 37.7 Å². The number of carboxylic acid groups (broad SMARTS) is 1. The fraction of sp³-hybridized carbons (Fsp3) is 0.562. The highest BCUT2D eigenvalue weighted by Gasteiger charge is 2.32. The molecule has 0 aromatic heterocycles. The van der Waals surface area contributed by atoms with E-state index in [9.17, 15) is 13.2 Å². The second-order valence-electron chi connectivity index (χ2n) is 6.26. The lowest BCUT2D eigenvalue weighted by molar-refractivity contribution is 0.105. The SMILES string of the molecule is O=C(O)N1CC(c2ccc(S(=O)(=O)C3CCCCC3)cc2)C1. The molecule has 1 saturated carbocycles. The van der Waals surface area contributed by atoms with E-state index in [-0.39, 0.29) is 11.2 Å². The van der Waals surface area contributed by atoms with Gasteiger partial charge in [-0.25, -0.2) is 13.2 Å². The van der Waals surface area contributed by atoms with E-state index < -0.39 is 15.9 Å². The summed E-state index contributed by atoms with van der Waals surface area (Å²) in [4.78, 5) is 12.5. The van der Waals surface area contributed by atoms with E-state index in [1.165, 1.54) is 4.90 Å². The molecular weight excluding hydrogens is 302 g/mol. The largest absolute Gasteiger partial charge is 0.465 e. The van der Waals surface area contributed by atoms with Gasteiger partial charge in [0, 0.05) is 19.0 Å². The highest BCUT2D eigenvalue weighted by Crippen LogP contribution is 2.31. The third-order valence-corrected chi connectivity index (χ3v) is 7.10. The average Bonchev–Trinajstić information content (AvgIpc) is 2.47. The third kappa shape index (κ3) is 2.84. The van der Waals surface area contributed by atoms with E-state index in [1.807, 2.05) is 12.1 Å². The number of hydrogen-bond donors (Lipinski definition) is 1. The van der Waals surface area contributed by atoms with Crippen molar-refractivity contribution in [1.29, 1.82) is 0 Å². The first-order valence-corrected chi connectivity index (χ1v) is 9.35. The topological polar surface area (TPSA) is 74.7 Å². The Bertz CT molecular complexity index is 641. The number of hydrogen-bond acceptors (Lipinski definition) is 3. The monoisotopic (exact) mass is 323 g/mol. The maximum Gasteiger partial charge on any atom is 0.407 e. The Hall–Kier alpha value is -1.56. The molecule has 0 radical (unpaired) electrons. The van der Waals surface area contributed by atoms with Crippen LogP contribution in [0, 0.1) is 0 Å². The molecule has 0 bridgehead atoms. The summed E-state index contributed by atoms with van der Waals surface area (Å²) in [5.41, 5.74) is 1.01. The molecule has 1 aromatic carbocycles. The van der Waals surface area contributed by atoms with Crippen LogP contribution in [0.4, 0.5) is 4.79 Å². The van der Waals surface area contributed by atoms with Crippen LogP contribution in [0.15, 0.2) is 29.2 Å². The minimum absolute atomic E-state index is 0.183. The number of sulfone groups is 1. The number of carbonyl (C=O) groups is 1. The summed E-state index contributed by atoms with van der Waals surface area (Å²) in [6.45, 7) is 0.980. The van der Waals surface area contributed by atoms with Crippen LogP contribution in [0.3, 0.4) is 0 Å². The van der Waals surface area contributed by atoms with Crippen molar-refractivity contribution in [2.45, 2.75) is 48.2 Å². The molecule has 1 aliphatic heterocycles. The number of likely N-dealkylation sites (tertiary alicyclic amines) is 1. The molecule has 1 amide bonds. The summed E-state index contributed by atoms with van der Waals surface area (Å²) in [6.07, 6.45) is 3.75. The van der Waals surface area contributed by atoms with Crippen LogP contribution >= 0.6 is 0 Å². The molecule has 2 fully saturated rings. The molecule has 1 aliphatic carbocycles. The molecule has 3 rings (SSSR count). The second kappa shape index (κ2) is 5.91. The molecule has 22 heavy (non-hydrogen) atoms. The Labute approximate surface area is 130 Å². The van der Waals surface area contributed by atoms with Gasteiger partial charge in [-0.05, 0) is 30.5 Å². The summed E-state index contributed by atoms with van der Waals surface area (Å²) in [5.74, 6) is 0.183. The summed E-state index contributed by atoms with van der Waals surface area (Å²) in [5, 5.41) is 8.60. The molecule has 0 spiro atoms. The standard InChI is InChI=1S/C16H21NO4S/c18-16(19)17-10-13(11-17)12-6-8-15(9-7-12)22(20,21)14-4-2-1-3-5-14/h6-9,13-14H,1-5,10-11H2,(H,18,19). The summed E-state index contributed by atoms with van der Waals surface area (Å²) in [6, 6.07) is 7.03. The van der Waals surface area contributed by atoms with Crippen molar-refractivity contribution in [3.05, 3.63) is 29.8 Å². The summed E-state index contributed by atoms with van der Waals surface area (Å²) >= 11 is 0. The number of nitrogens with zero attached hydrogens (tertiary/aromatic N) is 1. The molecule has 6 heteroatoms. The van der Waals surface area contributed by atoms with E-state index >= 15 is 0 Å². The van der Waals surface area contributed by atoms with E-state index in [1.54, 1.807) is 12.1 Å². The average molecular weight is 323 g/mol. The van der Waals surface area contributed by atoms with Gasteiger partial charge in [0.25, 0.3) is 0 Å². The number of benzene rings is 1. The molecule has 1 saturated heterocycles. The summed E-state index contributed by atoms with van der Waals surface area (Å²) < 4.78 is 25.2. The molecule has 0 unspecified atom stereocenters. The van der Waals surface area contributed by atoms with Gasteiger partial charge in [-0.1, -0.05) is 31.4 Å². The lowest BCUT2D eigenvalue weighted by atomic mass is 9.92. The van der Waals surface area contributed by atoms with Crippen LogP contribution in [-0.2, 0) is 9.84 Å². The zero-order valence-electron chi connectivity index (χ0n) is 12.4. The van der Waals surface area contributed by atoms with E-state index in [2.05, 4.69) is 0 Å². The van der Waals surface area contributed by atoms with Crippen molar-refractivity contribution in [3.63, 3.8) is 0 Å². The Balaban J connectivity index is 1.70. The zero-order valence-corrected chi connectivity index (χ0v) is 13.3. The highest BCUT2D eigenvalue weighted by atomic mass is 32.2. The molecule has 5 nitrogen and oxygen atoms in total. The number of rotatable bonds is 3. The first kappa shape index (κ1) is 15.3. The third-order valence-electron chi connectivity index (χ3n) is 4.82. The Morgan fingerprint density at radius 2 is 1.64 bits per heavy atom. The van der Waals surface area contributed by atoms with Crippen LogP contribution in [0.25, 0.3) is 0 Å². The van der Waals surface area contributed by atoms with Gasteiger partial charge in [-0.15, -0.1) is 0 Å². The first-order chi connectivity index (χ1) is 10.5. The van der Waals surface area contributed by atoms with Crippen LogP contribution < -0.4 is 0 Å². The molecule has 1 heterocycles. The fourth-order valence-corrected chi connectivity index (χ4v) is 5.20. The fourth-order valence-electron chi connectivity index (χ4n) is 3.34. The van der Waals surface area contributed by atoms with Crippen molar-refractivity contribution in [3.8, 4) is 0 Å². The minimum Gasteiger partial charge on any atom is -0.465 e. The second-order valence-corrected chi connectivity index (χ2v) is 8.49. The van der Waals surface area contributed by atoms with Crippen molar-refractivity contribution in [1.82, 2.24) is 4.90 Å². The van der Waals surface area contributed by atoms with Crippen molar-refractivity contribution >= 4 is 15.9 Å². The van der Waals surface area contributed by atoms with Crippen LogP contribution in [0.2, 0.25) is 0 Å². The smallest absolute Gasteiger partial charge is 0.407 e. The first-order valence-electron chi connectivity index (χ1n) is 7.80. The Kier molecular flexibility index (Phi) is 4.12. The summed E-state index contributed by atoms with van der Waals surface area (Å²) in [7, 11) is -3.22. The zero-order chi connectivity index (χ0) is 15.7. The molecule has 2 aliphatic rings. The van der Waals surface area contributed by atoms with E-state index in [0.29, 0.717) is 18.0 Å². The van der Waals surface area contributed by atoms with Crippen molar-refractivity contribution < 1.29 is 18.3 Å². The van der Waals surface area contributed by atoms with Crippen molar-refractivity contribution in [2.75, 3.05) is 13.1 Å². The van der Waals surface area contributed by atoms with Gasteiger partial charge in [-0.3, -0.25) is 0 Å².